The van der Waals surface area contributed by atoms with Crippen LogP contribution in [0.3, 0.4) is 0 Å². The molecule has 1 atom stereocenters. The number of benzene rings is 1. The molecule has 0 saturated heterocycles. The van der Waals surface area contributed by atoms with Crippen molar-refractivity contribution < 1.29 is 23.0 Å². The van der Waals surface area contributed by atoms with Gasteiger partial charge < -0.3 is 9.84 Å². The fraction of sp³-hybridized carbons (Fsp3) is 0.417. The molecule has 0 saturated carbocycles. The highest BCUT2D eigenvalue weighted by Gasteiger charge is 2.38. The van der Waals surface area contributed by atoms with Crippen molar-refractivity contribution >= 4 is 0 Å². The Morgan fingerprint density at radius 2 is 2.06 bits per heavy atom. The average Bonchev–Trinajstić information content (AvgIpc) is 2.26. The Morgan fingerprint density at radius 3 is 2.53 bits per heavy atom. The van der Waals surface area contributed by atoms with Crippen molar-refractivity contribution in [2.75, 3.05) is 13.2 Å². The Bertz CT molecular complexity index is 375. The van der Waals surface area contributed by atoms with E-state index in [1.165, 1.54) is 18.2 Å². The molecule has 1 unspecified atom stereocenters. The molecular formula is C12H14F3O2. The van der Waals surface area contributed by atoms with Gasteiger partial charge in [-0.25, -0.2) is 0 Å². The van der Waals surface area contributed by atoms with Gasteiger partial charge >= 0.3 is 6.18 Å². The van der Waals surface area contributed by atoms with Gasteiger partial charge in [0.05, 0.1) is 6.61 Å². The lowest BCUT2D eigenvalue weighted by Crippen LogP contribution is -2.15. The first kappa shape index (κ1) is 13.8. The summed E-state index contributed by atoms with van der Waals surface area (Å²) in [6, 6.07) is 4.03. The van der Waals surface area contributed by atoms with E-state index in [0.29, 0.717) is 0 Å². The number of ether oxygens (including phenoxy) is 1. The molecule has 0 aliphatic carbocycles. The third-order valence-electron chi connectivity index (χ3n) is 2.30. The molecule has 5 heteroatoms. The molecule has 0 aliphatic heterocycles. The molecule has 1 aromatic rings. The fourth-order valence-electron chi connectivity index (χ4n) is 1.57. The molecule has 1 N–H and O–H groups in total. The van der Waals surface area contributed by atoms with Crippen LogP contribution >= 0.6 is 0 Å². The minimum atomic E-state index is -4.52. The molecule has 0 fully saturated rings. The lowest BCUT2D eigenvalue weighted by atomic mass is 9.95. The van der Waals surface area contributed by atoms with E-state index in [1.807, 2.05) is 0 Å². The lowest BCUT2D eigenvalue weighted by molar-refractivity contribution is -0.139. The molecular weight excluding hydrogens is 233 g/mol. The maximum Gasteiger partial charge on any atom is 0.420 e. The van der Waals surface area contributed by atoms with Gasteiger partial charge in [0.25, 0.3) is 0 Å². The van der Waals surface area contributed by atoms with Crippen LogP contribution in [0.25, 0.3) is 0 Å². The molecule has 0 bridgehead atoms. The highest BCUT2D eigenvalue weighted by atomic mass is 19.4. The molecule has 0 aromatic heterocycles. The monoisotopic (exact) mass is 247 g/mol. The van der Waals surface area contributed by atoms with Crippen molar-refractivity contribution in [3.05, 3.63) is 36.2 Å². The molecule has 1 radical (unpaired) electrons. The predicted octanol–water partition coefficient (Wildman–Crippen LogP) is 3.01. The van der Waals surface area contributed by atoms with Crippen molar-refractivity contribution in [3.8, 4) is 5.75 Å². The summed E-state index contributed by atoms with van der Waals surface area (Å²) in [7, 11) is 0. The quantitative estimate of drug-likeness (QED) is 0.886. The van der Waals surface area contributed by atoms with Crippen molar-refractivity contribution in [1.29, 1.82) is 0 Å². The predicted molar refractivity (Wildman–Crippen MR) is 57.8 cm³/mol. The normalized spacial score (nSPS) is 13.5. The Morgan fingerprint density at radius 1 is 1.41 bits per heavy atom. The summed E-state index contributed by atoms with van der Waals surface area (Å²) in [4.78, 5) is 0. The third-order valence-corrected chi connectivity index (χ3v) is 2.30. The molecule has 95 valence electrons. The Hall–Kier alpha value is -1.23. The number of aliphatic hydroxyl groups excluding tert-OH is 1. The van der Waals surface area contributed by atoms with E-state index in [0.717, 1.165) is 0 Å². The maximum absolute atomic E-state index is 12.9. The number of aliphatic hydroxyl groups is 1. The summed E-state index contributed by atoms with van der Waals surface area (Å²) >= 11 is 0. The summed E-state index contributed by atoms with van der Waals surface area (Å²) in [6.45, 7) is 4.81. The summed E-state index contributed by atoms with van der Waals surface area (Å²) in [5.74, 6) is -1.05. The van der Waals surface area contributed by atoms with Crippen LogP contribution in [0.2, 0.25) is 0 Å². The first-order valence-electron chi connectivity index (χ1n) is 5.18. The van der Waals surface area contributed by atoms with E-state index in [9.17, 15) is 13.2 Å². The van der Waals surface area contributed by atoms with Crippen LogP contribution in [0.1, 0.15) is 24.0 Å². The second kappa shape index (κ2) is 5.40. The molecule has 1 rings (SSSR count). The topological polar surface area (TPSA) is 29.5 Å². The number of hydrogen-bond acceptors (Lipinski definition) is 2. The summed E-state index contributed by atoms with van der Waals surface area (Å²) in [6.07, 6.45) is -4.52. The Balaban J connectivity index is 3.34. The van der Waals surface area contributed by atoms with E-state index in [2.05, 4.69) is 6.92 Å². The Labute approximate surface area is 98.0 Å². The SMILES string of the molecule is [CH2]C(CO)c1cccc(OCC)c1C(F)(F)F. The van der Waals surface area contributed by atoms with Crippen molar-refractivity contribution in [3.63, 3.8) is 0 Å². The van der Waals surface area contributed by atoms with Crippen molar-refractivity contribution in [1.82, 2.24) is 0 Å². The highest BCUT2D eigenvalue weighted by molar-refractivity contribution is 5.44. The van der Waals surface area contributed by atoms with Crippen molar-refractivity contribution in [2.45, 2.75) is 19.0 Å². The highest BCUT2D eigenvalue weighted by Crippen LogP contribution is 2.41. The summed E-state index contributed by atoms with van der Waals surface area (Å²) < 4.78 is 43.8. The second-order valence-electron chi connectivity index (χ2n) is 3.53. The fourth-order valence-corrected chi connectivity index (χ4v) is 1.57. The smallest absolute Gasteiger partial charge is 0.420 e. The van der Waals surface area contributed by atoms with E-state index in [-0.39, 0.29) is 17.9 Å². The molecule has 2 nitrogen and oxygen atoms in total. The van der Waals surface area contributed by atoms with E-state index in [4.69, 9.17) is 9.84 Å². The molecule has 0 heterocycles. The summed E-state index contributed by atoms with van der Waals surface area (Å²) in [5.41, 5.74) is -0.901. The van der Waals surface area contributed by atoms with Gasteiger partial charge in [0.15, 0.2) is 0 Å². The van der Waals surface area contributed by atoms with Crippen LogP contribution in [0.4, 0.5) is 13.2 Å². The summed E-state index contributed by atoms with van der Waals surface area (Å²) in [5, 5.41) is 8.93. The van der Waals surface area contributed by atoms with Gasteiger partial charge in [0.2, 0.25) is 0 Å². The van der Waals surface area contributed by atoms with Crippen LogP contribution in [0.5, 0.6) is 5.75 Å². The number of alkyl halides is 3. The molecule has 1 aromatic carbocycles. The van der Waals surface area contributed by atoms with Crippen LogP contribution in [0.15, 0.2) is 18.2 Å². The Kier molecular flexibility index (Phi) is 4.40. The number of hydrogen-bond donors (Lipinski definition) is 1. The van der Waals surface area contributed by atoms with Gasteiger partial charge in [-0.2, -0.15) is 13.2 Å². The van der Waals surface area contributed by atoms with Gasteiger partial charge in [-0.3, -0.25) is 0 Å². The van der Waals surface area contributed by atoms with E-state index >= 15 is 0 Å². The zero-order valence-corrected chi connectivity index (χ0v) is 9.42. The largest absolute Gasteiger partial charge is 0.493 e. The van der Waals surface area contributed by atoms with Crippen LogP contribution < -0.4 is 4.74 Å². The van der Waals surface area contributed by atoms with E-state index in [1.54, 1.807) is 6.92 Å². The maximum atomic E-state index is 12.9. The first-order valence-corrected chi connectivity index (χ1v) is 5.18. The van der Waals surface area contributed by atoms with Crippen molar-refractivity contribution in [2.24, 2.45) is 0 Å². The van der Waals surface area contributed by atoms with Gasteiger partial charge in [0.1, 0.15) is 11.3 Å². The number of rotatable bonds is 4. The van der Waals surface area contributed by atoms with Gasteiger partial charge in [-0.05, 0) is 25.5 Å². The minimum Gasteiger partial charge on any atom is -0.493 e. The standard InChI is InChI=1S/C12H14F3O2/c1-3-17-10-6-4-5-9(8(2)7-16)11(10)12(13,14)15/h4-6,8,16H,2-3,7H2,1H3. The first-order chi connectivity index (χ1) is 7.91. The van der Waals surface area contributed by atoms with Crippen LogP contribution in [-0.4, -0.2) is 18.3 Å². The van der Waals surface area contributed by atoms with E-state index < -0.39 is 24.3 Å². The van der Waals surface area contributed by atoms with Crippen LogP contribution in [0, 0.1) is 6.92 Å². The minimum absolute atomic E-state index is 0.0500. The van der Waals surface area contributed by atoms with Gasteiger partial charge in [0, 0.05) is 12.5 Å². The second-order valence-corrected chi connectivity index (χ2v) is 3.53. The molecule has 17 heavy (non-hydrogen) atoms. The zero-order chi connectivity index (χ0) is 13.1. The average molecular weight is 247 g/mol. The van der Waals surface area contributed by atoms with Crippen LogP contribution in [-0.2, 0) is 6.18 Å². The molecule has 0 aliphatic rings. The molecule has 0 spiro atoms. The molecule has 0 amide bonds. The van der Waals surface area contributed by atoms with Gasteiger partial charge in [-0.15, -0.1) is 0 Å². The lowest BCUT2D eigenvalue weighted by Gasteiger charge is -2.20. The zero-order valence-electron chi connectivity index (χ0n) is 9.42. The van der Waals surface area contributed by atoms with Gasteiger partial charge in [-0.1, -0.05) is 12.1 Å². The third kappa shape index (κ3) is 3.12. The number of halogens is 3.